The molecule has 9 heteroatoms. The molecule has 0 saturated heterocycles. The zero-order valence-electron chi connectivity index (χ0n) is 12.9. The molecule has 0 aliphatic heterocycles. The Morgan fingerprint density at radius 3 is 1.36 bits per heavy atom. The van der Waals surface area contributed by atoms with Crippen molar-refractivity contribution in [1.82, 2.24) is 0 Å². The summed E-state index contributed by atoms with van der Waals surface area (Å²) in [6, 6.07) is 12.5. The Bertz CT molecular complexity index is 674. The van der Waals surface area contributed by atoms with Gasteiger partial charge in [0.2, 0.25) is 0 Å². The Balaban J connectivity index is 1.84. The molecule has 132 valence electrons. The van der Waals surface area contributed by atoms with Crippen molar-refractivity contribution in [2.45, 2.75) is 9.65 Å². The van der Waals surface area contributed by atoms with E-state index in [9.17, 15) is 20.2 Å². The van der Waals surface area contributed by atoms with Gasteiger partial charge in [-0.3, -0.25) is 20.2 Å². The Labute approximate surface area is 160 Å². The highest BCUT2D eigenvalue weighted by atomic mass is 79.9. The second-order valence-electron chi connectivity index (χ2n) is 5.17. The van der Waals surface area contributed by atoms with Crippen molar-refractivity contribution in [2.75, 3.05) is 13.2 Å². The molecule has 0 aliphatic carbocycles. The number of halogens is 2. The first-order valence-corrected chi connectivity index (χ1v) is 9.06. The maximum atomic E-state index is 10.6. The van der Waals surface area contributed by atoms with E-state index in [1.54, 1.807) is 24.3 Å². The monoisotopic (exact) mass is 472 g/mol. The summed E-state index contributed by atoms with van der Waals surface area (Å²) in [5.41, 5.74) is 1.85. The molecule has 0 spiro atoms. The predicted molar refractivity (Wildman–Crippen MR) is 100 cm³/mol. The third-order valence-corrected chi connectivity index (χ3v) is 5.05. The third-order valence-electron chi connectivity index (χ3n) is 3.46. The average molecular weight is 474 g/mol. The number of benzene rings is 2. The Morgan fingerprint density at radius 1 is 0.760 bits per heavy atom. The number of nitro groups is 2. The first-order valence-electron chi connectivity index (χ1n) is 7.23. The zero-order chi connectivity index (χ0) is 18.4. The quantitative estimate of drug-likeness (QED) is 0.302. The van der Waals surface area contributed by atoms with E-state index in [-0.39, 0.29) is 21.0 Å². The van der Waals surface area contributed by atoms with Gasteiger partial charge in [0.25, 0.3) is 11.4 Å². The second kappa shape index (κ2) is 9.02. The van der Waals surface area contributed by atoms with Gasteiger partial charge in [-0.15, -0.1) is 0 Å². The predicted octanol–water partition coefficient (Wildman–Crippen LogP) is 5.09. The fraction of sp³-hybridized carbons (Fsp3) is 0.250. The van der Waals surface area contributed by atoms with Crippen LogP contribution in [0, 0.1) is 20.2 Å². The van der Waals surface area contributed by atoms with E-state index in [1.807, 2.05) is 0 Å². The summed E-state index contributed by atoms with van der Waals surface area (Å²) in [6.07, 6.45) is 0. The van der Waals surface area contributed by atoms with Gasteiger partial charge in [-0.05, 0) is 11.1 Å². The summed E-state index contributed by atoms with van der Waals surface area (Å²) in [7, 11) is 0. The lowest BCUT2D eigenvalue weighted by molar-refractivity contribution is -0.385. The van der Waals surface area contributed by atoms with Crippen LogP contribution >= 0.6 is 31.9 Å². The maximum Gasteiger partial charge on any atom is 0.269 e. The lowest BCUT2D eigenvalue weighted by Gasteiger charge is -2.14. The molecular weight excluding hydrogens is 460 g/mol. The van der Waals surface area contributed by atoms with Crippen LogP contribution < -0.4 is 0 Å². The molecule has 2 unspecified atom stereocenters. The number of alkyl halides is 2. The van der Waals surface area contributed by atoms with E-state index in [2.05, 4.69) is 31.9 Å². The minimum atomic E-state index is -0.441. The molecule has 2 aromatic carbocycles. The molecule has 0 saturated carbocycles. The summed E-state index contributed by atoms with van der Waals surface area (Å²) in [5, 5.41) is 21.3. The van der Waals surface area contributed by atoms with Gasteiger partial charge in [0.15, 0.2) is 0 Å². The van der Waals surface area contributed by atoms with E-state index in [4.69, 9.17) is 4.74 Å². The lowest BCUT2D eigenvalue weighted by Crippen LogP contribution is -2.07. The SMILES string of the molecule is O=[N+]([O-])c1ccc(C(Br)COCC(Br)c2ccc([N+](=O)[O-])cc2)cc1. The fourth-order valence-electron chi connectivity index (χ4n) is 2.08. The van der Waals surface area contributed by atoms with Crippen LogP contribution in [0.5, 0.6) is 0 Å². The normalized spacial score (nSPS) is 13.2. The van der Waals surface area contributed by atoms with Crippen LogP contribution in [0.25, 0.3) is 0 Å². The smallest absolute Gasteiger partial charge is 0.269 e. The number of non-ortho nitro benzene ring substituents is 2. The van der Waals surface area contributed by atoms with Crippen molar-refractivity contribution in [3.05, 3.63) is 79.9 Å². The summed E-state index contributed by atoms with van der Waals surface area (Å²) in [6.45, 7) is 0.764. The highest BCUT2D eigenvalue weighted by Crippen LogP contribution is 2.28. The van der Waals surface area contributed by atoms with Crippen LogP contribution in [-0.2, 0) is 4.74 Å². The third kappa shape index (κ3) is 5.58. The highest BCUT2D eigenvalue weighted by Gasteiger charge is 2.14. The van der Waals surface area contributed by atoms with Gasteiger partial charge in [0.1, 0.15) is 0 Å². The van der Waals surface area contributed by atoms with Gasteiger partial charge in [0.05, 0.1) is 32.7 Å². The number of nitro benzene ring substituents is 2. The summed E-state index contributed by atoms with van der Waals surface area (Å²) in [4.78, 5) is 20.2. The molecule has 2 aromatic rings. The summed E-state index contributed by atoms with van der Waals surface area (Å²) in [5.74, 6) is 0. The topological polar surface area (TPSA) is 95.5 Å². The molecule has 0 heterocycles. The number of hydrogen-bond acceptors (Lipinski definition) is 5. The molecule has 0 aromatic heterocycles. The lowest BCUT2D eigenvalue weighted by atomic mass is 10.1. The average Bonchev–Trinajstić information content (AvgIpc) is 2.61. The fourth-order valence-corrected chi connectivity index (χ4v) is 3.06. The minimum Gasteiger partial charge on any atom is -0.378 e. The van der Waals surface area contributed by atoms with E-state index < -0.39 is 9.85 Å². The standard InChI is InChI=1S/C16H14Br2N2O5/c17-15(11-1-5-13(6-2-11)19(21)22)9-25-10-16(18)12-3-7-14(8-4-12)20(23)24/h1-8,15-16H,9-10H2. The highest BCUT2D eigenvalue weighted by molar-refractivity contribution is 9.09. The van der Waals surface area contributed by atoms with Crippen LogP contribution in [-0.4, -0.2) is 23.1 Å². The number of rotatable bonds is 8. The number of ether oxygens (including phenoxy) is 1. The van der Waals surface area contributed by atoms with Gasteiger partial charge >= 0.3 is 0 Å². The largest absolute Gasteiger partial charge is 0.378 e. The van der Waals surface area contributed by atoms with E-state index in [0.717, 1.165) is 11.1 Å². The van der Waals surface area contributed by atoms with Crippen molar-refractivity contribution in [3.8, 4) is 0 Å². The van der Waals surface area contributed by atoms with Gasteiger partial charge in [0, 0.05) is 24.3 Å². The van der Waals surface area contributed by atoms with Gasteiger partial charge in [-0.25, -0.2) is 0 Å². The maximum absolute atomic E-state index is 10.6. The molecule has 0 radical (unpaired) electrons. The molecule has 0 fully saturated rings. The van der Waals surface area contributed by atoms with Crippen LogP contribution in [0.4, 0.5) is 11.4 Å². The molecule has 0 bridgehead atoms. The van der Waals surface area contributed by atoms with Gasteiger partial charge < -0.3 is 4.74 Å². The molecule has 2 atom stereocenters. The zero-order valence-corrected chi connectivity index (χ0v) is 16.1. The number of nitrogens with zero attached hydrogens (tertiary/aromatic N) is 2. The van der Waals surface area contributed by atoms with Crippen molar-refractivity contribution in [3.63, 3.8) is 0 Å². The van der Waals surface area contributed by atoms with Crippen molar-refractivity contribution in [1.29, 1.82) is 0 Å². The molecule has 0 amide bonds. The number of hydrogen-bond donors (Lipinski definition) is 0. The van der Waals surface area contributed by atoms with Gasteiger partial charge in [-0.1, -0.05) is 56.1 Å². The summed E-state index contributed by atoms with van der Waals surface area (Å²) >= 11 is 6.99. The molecule has 7 nitrogen and oxygen atoms in total. The summed E-state index contributed by atoms with van der Waals surface area (Å²) < 4.78 is 5.66. The van der Waals surface area contributed by atoms with Crippen molar-refractivity contribution in [2.24, 2.45) is 0 Å². The van der Waals surface area contributed by atoms with Crippen LogP contribution in [0.3, 0.4) is 0 Å². The van der Waals surface area contributed by atoms with E-state index in [0.29, 0.717) is 13.2 Å². The Morgan fingerprint density at radius 2 is 1.08 bits per heavy atom. The first-order chi connectivity index (χ1) is 11.9. The molecule has 25 heavy (non-hydrogen) atoms. The Kier molecular flexibility index (Phi) is 7.03. The van der Waals surface area contributed by atoms with Crippen molar-refractivity contribution < 1.29 is 14.6 Å². The molecule has 0 N–H and O–H groups in total. The molecule has 2 rings (SSSR count). The Hall–Kier alpha value is -1.84. The first kappa shape index (κ1) is 19.5. The minimum absolute atomic E-state index is 0.0445. The molecule has 0 aliphatic rings. The van der Waals surface area contributed by atoms with E-state index in [1.165, 1.54) is 24.3 Å². The van der Waals surface area contributed by atoms with Gasteiger partial charge in [-0.2, -0.15) is 0 Å². The second-order valence-corrected chi connectivity index (χ2v) is 7.38. The van der Waals surface area contributed by atoms with Crippen molar-refractivity contribution >= 4 is 43.2 Å². The molecular formula is C16H14Br2N2O5. The van der Waals surface area contributed by atoms with Crippen LogP contribution in [0.15, 0.2) is 48.5 Å². The van der Waals surface area contributed by atoms with E-state index >= 15 is 0 Å². The van der Waals surface area contributed by atoms with Crippen LogP contribution in [0.1, 0.15) is 20.8 Å². The van der Waals surface area contributed by atoms with Crippen LogP contribution in [0.2, 0.25) is 0 Å².